The summed E-state index contributed by atoms with van der Waals surface area (Å²) in [5, 5.41) is 0. The fourth-order valence-electron chi connectivity index (χ4n) is 3.03. The van der Waals surface area contributed by atoms with Crippen LogP contribution in [0.4, 0.5) is 0 Å². The molecular formula is C31H50O13. The number of rotatable bonds is 32. The first-order valence-corrected chi connectivity index (χ1v) is 14.9. The number of ether oxygens (including phenoxy) is 11. The molecule has 0 atom stereocenters. The molecule has 252 valence electrons. The van der Waals surface area contributed by atoms with Crippen LogP contribution in [0.1, 0.15) is 17.3 Å². The smallest absolute Gasteiger partial charge is 0.338 e. The second-order valence-corrected chi connectivity index (χ2v) is 8.93. The van der Waals surface area contributed by atoms with Crippen LogP contribution in [-0.4, -0.2) is 144 Å². The largest absolute Gasteiger partial charge is 0.460 e. The van der Waals surface area contributed by atoms with E-state index < -0.39 is 5.97 Å². The molecule has 0 unspecified atom stereocenters. The Kier molecular flexibility index (Phi) is 27.5. The van der Waals surface area contributed by atoms with Gasteiger partial charge in [0.15, 0.2) is 0 Å². The summed E-state index contributed by atoms with van der Waals surface area (Å²) in [5.41, 5.74) is 0.888. The fourth-order valence-corrected chi connectivity index (χ4v) is 3.03. The molecule has 1 aromatic carbocycles. The summed E-state index contributed by atoms with van der Waals surface area (Å²) in [6.07, 6.45) is 0. The van der Waals surface area contributed by atoms with Crippen LogP contribution in [0.5, 0.6) is 0 Å². The summed E-state index contributed by atoms with van der Waals surface area (Å²) < 4.78 is 58.8. The van der Waals surface area contributed by atoms with Crippen molar-refractivity contribution in [3.63, 3.8) is 0 Å². The van der Waals surface area contributed by atoms with E-state index in [-0.39, 0.29) is 19.2 Å². The quantitative estimate of drug-likeness (QED) is 0.0654. The van der Waals surface area contributed by atoms with E-state index in [9.17, 15) is 9.59 Å². The molecule has 0 aliphatic rings. The van der Waals surface area contributed by atoms with Crippen molar-refractivity contribution in [2.24, 2.45) is 0 Å². The number of benzene rings is 1. The SMILES string of the molecule is C=C(C)C(=O)OCCOCCOCCOCCOCCOCCOCCOCCOCCOCCOC(=O)c1ccccc1. The predicted molar refractivity (Wildman–Crippen MR) is 160 cm³/mol. The molecule has 0 aromatic heterocycles. The van der Waals surface area contributed by atoms with Gasteiger partial charge in [0, 0.05) is 5.57 Å². The van der Waals surface area contributed by atoms with Crippen LogP contribution in [0.25, 0.3) is 0 Å². The van der Waals surface area contributed by atoms with Gasteiger partial charge in [0.05, 0.1) is 124 Å². The van der Waals surface area contributed by atoms with Crippen LogP contribution < -0.4 is 0 Å². The average Bonchev–Trinajstić information content (AvgIpc) is 3.03. The second kappa shape index (κ2) is 30.6. The zero-order valence-corrected chi connectivity index (χ0v) is 26.0. The van der Waals surface area contributed by atoms with Crippen molar-refractivity contribution in [1.29, 1.82) is 0 Å². The molecule has 44 heavy (non-hydrogen) atoms. The lowest BCUT2D eigenvalue weighted by atomic mass is 10.2. The lowest BCUT2D eigenvalue weighted by molar-refractivity contribution is -0.140. The summed E-state index contributed by atoms with van der Waals surface area (Å²) >= 11 is 0. The van der Waals surface area contributed by atoms with Gasteiger partial charge in [-0.2, -0.15) is 0 Å². The van der Waals surface area contributed by atoms with Crippen molar-refractivity contribution in [3.05, 3.63) is 48.0 Å². The first kappa shape index (κ1) is 39.6. The molecule has 0 spiro atoms. The molecule has 0 saturated carbocycles. The second-order valence-electron chi connectivity index (χ2n) is 8.93. The molecule has 0 aliphatic heterocycles. The Balaban J connectivity index is 1.65. The molecule has 1 rings (SSSR count). The van der Waals surface area contributed by atoms with E-state index in [1.165, 1.54) is 0 Å². The van der Waals surface area contributed by atoms with Crippen molar-refractivity contribution < 1.29 is 61.7 Å². The number of carbonyl (C=O) groups is 2. The first-order valence-electron chi connectivity index (χ1n) is 14.9. The van der Waals surface area contributed by atoms with Gasteiger partial charge in [0.2, 0.25) is 0 Å². The molecule has 0 radical (unpaired) electrons. The number of hydrogen-bond acceptors (Lipinski definition) is 13. The predicted octanol–water partition coefficient (Wildman–Crippen LogP) is 2.11. The summed E-state index contributed by atoms with van der Waals surface area (Å²) in [4.78, 5) is 22.9. The number of esters is 2. The first-order chi connectivity index (χ1) is 21.6. The van der Waals surface area contributed by atoms with E-state index in [0.717, 1.165) is 0 Å². The highest BCUT2D eigenvalue weighted by Crippen LogP contribution is 2.00. The third-order valence-corrected chi connectivity index (χ3v) is 5.26. The van der Waals surface area contributed by atoms with Gasteiger partial charge in [-0.25, -0.2) is 9.59 Å². The third-order valence-electron chi connectivity index (χ3n) is 5.26. The number of carbonyl (C=O) groups excluding carboxylic acids is 2. The summed E-state index contributed by atoms with van der Waals surface area (Å²) in [6.45, 7) is 13.5. The molecule has 0 fully saturated rings. The minimum absolute atomic E-state index is 0.195. The van der Waals surface area contributed by atoms with Gasteiger partial charge in [-0.05, 0) is 19.1 Å². The zero-order chi connectivity index (χ0) is 31.8. The summed E-state index contributed by atoms with van der Waals surface area (Å²) in [6, 6.07) is 8.83. The van der Waals surface area contributed by atoms with E-state index in [1.807, 2.05) is 6.07 Å². The standard InChI is InChI=1S/C31H50O13/c1-28(2)30(32)43-26-24-41-22-20-39-18-16-37-14-12-35-10-8-34-9-11-36-13-15-38-17-19-40-21-23-42-25-27-44-31(33)29-6-4-3-5-7-29/h3-7H,1,8-27H2,2H3. The summed E-state index contributed by atoms with van der Waals surface area (Å²) in [5.74, 6) is -0.777. The zero-order valence-electron chi connectivity index (χ0n) is 26.0. The molecule has 0 saturated heterocycles. The molecule has 13 heteroatoms. The lowest BCUT2D eigenvalue weighted by Gasteiger charge is -2.09. The minimum Gasteiger partial charge on any atom is -0.460 e. The highest BCUT2D eigenvalue weighted by molar-refractivity contribution is 5.89. The highest BCUT2D eigenvalue weighted by Gasteiger charge is 2.05. The van der Waals surface area contributed by atoms with Crippen molar-refractivity contribution in [2.75, 3.05) is 132 Å². The molecule has 0 heterocycles. The van der Waals surface area contributed by atoms with Crippen LogP contribution in [0, 0.1) is 0 Å². The van der Waals surface area contributed by atoms with E-state index >= 15 is 0 Å². The number of hydrogen-bond donors (Lipinski definition) is 0. The van der Waals surface area contributed by atoms with Gasteiger partial charge in [0.25, 0.3) is 0 Å². The van der Waals surface area contributed by atoms with Crippen molar-refractivity contribution in [3.8, 4) is 0 Å². The molecule has 1 aromatic rings. The van der Waals surface area contributed by atoms with Gasteiger partial charge in [-0.15, -0.1) is 0 Å². The Hall–Kier alpha value is -2.46. The van der Waals surface area contributed by atoms with Crippen LogP contribution in [0.15, 0.2) is 42.5 Å². The van der Waals surface area contributed by atoms with Crippen LogP contribution in [0.3, 0.4) is 0 Å². The van der Waals surface area contributed by atoms with E-state index in [2.05, 4.69) is 6.58 Å². The van der Waals surface area contributed by atoms with Crippen LogP contribution in [-0.2, 0) is 56.9 Å². The van der Waals surface area contributed by atoms with Gasteiger partial charge in [-0.3, -0.25) is 0 Å². The van der Waals surface area contributed by atoms with E-state index in [4.69, 9.17) is 52.1 Å². The Morgan fingerprint density at radius 1 is 0.455 bits per heavy atom. The lowest BCUT2D eigenvalue weighted by Crippen LogP contribution is -2.16. The molecule has 0 N–H and O–H groups in total. The van der Waals surface area contributed by atoms with Gasteiger partial charge < -0.3 is 52.1 Å². The monoisotopic (exact) mass is 630 g/mol. The molecular weight excluding hydrogens is 580 g/mol. The van der Waals surface area contributed by atoms with Gasteiger partial charge in [0.1, 0.15) is 13.2 Å². The molecule has 0 bridgehead atoms. The maximum atomic E-state index is 11.8. The minimum atomic E-state index is -0.416. The van der Waals surface area contributed by atoms with Crippen molar-refractivity contribution in [1.82, 2.24) is 0 Å². The topological polar surface area (TPSA) is 136 Å². The normalized spacial score (nSPS) is 11.0. The maximum Gasteiger partial charge on any atom is 0.338 e. The van der Waals surface area contributed by atoms with Crippen molar-refractivity contribution >= 4 is 11.9 Å². The van der Waals surface area contributed by atoms with Crippen LogP contribution in [0.2, 0.25) is 0 Å². The summed E-state index contributed by atoms with van der Waals surface area (Å²) in [7, 11) is 0. The van der Waals surface area contributed by atoms with Gasteiger partial charge in [-0.1, -0.05) is 24.8 Å². The molecule has 0 aliphatic carbocycles. The van der Waals surface area contributed by atoms with E-state index in [1.54, 1.807) is 31.2 Å². The average molecular weight is 631 g/mol. The maximum absolute atomic E-state index is 11.8. The Bertz CT molecular complexity index is 822. The molecule has 0 amide bonds. The highest BCUT2D eigenvalue weighted by atomic mass is 16.6. The van der Waals surface area contributed by atoms with Crippen molar-refractivity contribution in [2.45, 2.75) is 6.92 Å². The Labute approximate surface area is 260 Å². The van der Waals surface area contributed by atoms with Gasteiger partial charge >= 0.3 is 11.9 Å². The fraction of sp³-hybridized carbons (Fsp3) is 0.677. The Morgan fingerprint density at radius 3 is 1.02 bits per heavy atom. The third kappa shape index (κ3) is 26.0. The van der Waals surface area contributed by atoms with E-state index in [0.29, 0.717) is 130 Å². The van der Waals surface area contributed by atoms with Crippen LogP contribution >= 0.6 is 0 Å². The molecule has 13 nitrogen and oxygen atoms in total. The Morgan fingerprint density at radius 2 is 0.727 bits per heavy atom.